The smallest absolute Gasteiger partial charge is 0.131 e. The standard InChI is InChI=1S/C25H20ClFN2O2/c1-16(17-8-10-18(27)11-9-17)19-14-20(25(31-3)15-24(19)30-2)22-12-13-28-29(22)23-7-5-4-6-21(23)26/h4-15H,1H2,2-3H3. The highest BCUT2D eigenvalue weighted by molar-refractivity contribution is 6.32. The van der Waals surface area contributed by atoms with Gasteiger partial charge in [0.25, 0.3) is 0 Å². The molecule has 6 heteroatoms. The fourth-order valence-electron chi connectivity index (χ4n) is 3.46. The number of benzene rings is 3. The molecule has 0 spiro atoms. The summed E-state index contributed by atoms with van der Waals surface area (Å²) in [7, 11) is 3.19. The number of hydrogen-bond acceptors (Lipinski definition) is 3. The van der Waals surface area contributed by atoms with Gasteiger partial charge in [0, 0.05) is 17.2 Å². The first-order valence-corrected chi connectivity index (χ1v) is 9.92. The van der Waals surface area contributed by atoms with Crippen molar-refractivity contribution < 1.29 is 13.9 Å². The van der Waals surface area contributed by atoms with E-state index in [1.807, 2.05) is 42.5 Å². The number of rotatable bonds is 6. The highest BCUT2D eigenvalue weighted by atomic mass is 35.5. The van der Waals surface area contributed by atoms with Gasteiger partial charge in [-0.25, -0.2) is 9.07 Å². The van der Waals surface area contributed by atoms with Crippen LogP contribution >= 0.6 is 11.6 Å². The molecule has 4 aromatic rings. The van der Waals surface area contributed by atoms with Crippen molar-refractivity contribution in [3.05, 3.63) is 101 Å². The number of aromatic nitrogens is 2. The van der Waals surface area contributed by atoms with Crippen molar-refractivity contribution in [3.8, 4) is 28.4 Å². The summed E-state index contributed by atoms with van der Waals surface area (Å²) >= 11 is 6.41. The van der Waals surface area contributed by atoms with Crippen LogP contribution < -0.4 is 9.47 Å². The largest absolute Gasteiger partial charge is 0.496 e. The zero-order valence-electron chi connectivity index (χ0n) is 17.1. The number of nitrogens with zero attached hydrogens (tertiary/aromatic N) is 2. The maximum absolute atomic E-state index is 13.4. The van der Waals surface area contributed by atoms with Gasteiger partial charge in [-0.1, -0.05) is 42.4 Å². The fourth-order valence-corrected chi connectivity index (χ4v) is 3.68. The average Bonchev–Trinajstić information content (AvgIpc) is 3.28. The minimum Gasteiger partial charge on any atom is -0.496 e. The topological polar surface area (TPSA) is 36.3 Å². The molecular weight excluding hydrogens is 415 g/mol. The molecule has 31 heavy (non-hydrogen) atoms. The van der Waals surface area contributed by atoms with Gasteiger partial charge in [0.05, 0.1) is 36.8 Å². The summed E-state index contributed by atoms with van der Waals surface area (Å²) in [5.41, 5.74) is 4.58. The van der Waals surface area contributed by atoms with E-state index >= 15 is 0 Å². The van der Waals surface area contributed by atoms with Crippen LogP contribution in [0.25, 0.3) is 22.5 Å². The van der Waals surface area contributed by atoms with Gasteiger partial charge in [-0.3, -0.25) is 0 Å². The van der Waals surface area contributed by atoms with Gasteiger partial charge >= 0.3 is 0 Å². The van der Waals surface area contributed by atoms with E-state index in [1.165, 1.54) is 12.1 Å². The van der Waals surface area contributed by atoms with E-state index in [9.17, 15) is 4.39 Å². The molecule has 0 fully saturated rings. The third-order valence-electron chi connectivity index (χ3n) is 5.04. The van der Waals surface area contributed by atoms with E-state index in [0.29, 0.717) is 22.1 Å². The second-order valence-electron chi connectivity index (χ2n) is 6.82. The summed E-state index contributed by atoms with van der Waals surface area (Å²) in [6.45, 7) is 4.22. The second-order valence-corrected chi connectivity index (χ2v) is 7.23. The molecule has 0 N–H and O–H groups in total. The summed E-state index contributed by atoms with van der Waals surface area (Å²) < 4.78 is 26.4. The highest BCUT2D eigenvalue weighted by Gasteiger charge is 2.19. The molecule has 4 rings (SSSR count). The molecule has 0 saturated heterocycles. The summed E-state index contributed by atoms with van der Waals surface area (Å²) in [5.74, 6) is 0.905. The molecule has 0 aliphatic rings. The van der Waals surface area contributed by atoms with Crippen molar-refractivity contribution in [3.63, 3.8) is 0 Å². The van der Waals surface area contributed by atoms with Gasteiger partial charge < -0.3 is 9.47 Å². The Morgan fingerprint density at radius 3 is 2.35 bits per heavy atom. The van der Waals surface area contributed by atoms with Crippen LogP contribution in [0, 0.1) is 5.82 Å². The van der Waals surface area contributed by atoms with Crippen LogP contribution in [0.3, 0.4) is 0 Å². The third-order valence-corrected chi connectivity index (χ3v) is 5.36. The van der Waals surface area contributed by atoms with E-state index in [4.69, 9.17) is 21.1 Å². The van der Waals surface area contributed by atoms with Crippen molar-refractivity contribution in [2.75, 3.05) is 14.2 Å². The Balaban J connectivity index is 1.89. The lowest BCUT2D eigenvalue weighted by Gasteiger charge is -2.18. The van der Waals surface area contributed by atoms with Crippen molar-refractivity contribution >= 4 is 17.2 Å². The molecule has 0 amide bonds. The van der Waals surface area contributed by atoms with E-state index < -0.39 is 0 Å². The second kappa shape index (κ2) is 8.66. The van der Waals surface area contributed by atoms with Crippen LogP contribution in [0.5, 0.6) is 11.5 Å². The Hall–Kier alpha value is -3.57. The SMILES string of the molecule is C=C(c1ccc(F)cc1)c1cc(-c2ccnn2-c2ccccc2Cl)c(OC)cc1OC. The molecule has 4 nitrogen and oxygen atoms in total. The van der Waals surface area contributed by atoms with E-state index in [-0.39, 0.29) is 5.82 Å². The van der Waals surface area contributed by atoms with Gasteiger partial charge in [-0.15, -0.1) is 0 Å². The molecule has 0 bridgehead atoms. The lowest BCUT2D eigenvalue weighted by atomic mass is 9.95. The maximum Gasteiger partial charge on any atom is 0.131 e. The first-order chi connectivity index (χ1) is 15.0. The van der Waals surface area contributed by atoms with Gasteiger partial charge in [0.15, 0.2) is 0 Å². The van der Waals surface area contributed by atoms with E-state index in [1.54, 1.807) is 37.2 Å². The Kier molecular flexibility index (Phi) is 5.78. The minimum absolute atomic E-state index is 0.303. The van der Waals surface area contributed by atoms with Gasteiger partial charge in [-0.05, 0) is 47.5 Å². The molecule has 0 atom stereocenters. The predicted molar refractivity (Wildman–Crippen MR) is 122 cm³/mol. The molecule has 1 heterocycles. The predicted octanol–water partition coefficient (Wildman–Crippen LogP) is 6.41. The first kappa shape index (κ1) is 20.7. The Bertz CT molecular complexity index is 1250. The fraction of sp³-hybridized carbons (Fsp3) is 0.0800. The summed E-state index contributed by atoms with van der Waals surface area (Å²) in [4.78, 5) is 0. The number of methoxy groups -OCH3 is 2. The summed E-state index contributed by atoms with van der Waals surface area (Å²) in [6.07, 6.45) is 1.71. The number of halogens is 2. The van der Waals surface area contributed by atoms with Crippen molar-refractivity contribution in [2.45, 2.75) is 0 Å². The van der Waals surface area contributed by atoms with Crippen LogP contribution in [0.4, 0.5) is 4.39 Å². The molecular formula is C25H20ClFN2O2. The quantitative estimate of drug-likeness (QED) is 0.352. The molecule has 1 aromatic heterocycles. The van der Waals surface area contributed by atoms with Crippen LogP contribution in [0.1, 0.15) is 11.1 Å². The van der Waals surface area contributed by atoms with Gasteiger partial charge in [0.2, 0.25) is 0 Å². The van der Waals surface area contributed by atoms with E-state index in [0.717, 1.165) is 28.1 Å². The number of para-hydroxylation sites is 1. The molecule has 156 valence electrons. The van der Waals surface area contributed by atoms with E-state index in [2.05, 4.69) is 11.7 Å². The number of ether oxygens (including phenoxy) is 2. The monoisotopic (exact) mass is 434 g/mol. The van der Waals surface area contributed by atoms with Gasteiger partial charge in [0.1, 0.15) is 17.3 Å². The summed E-state index contributed by atoms with van der Waals surface area (Å²) in [6, 6.07) is 19.3. The number of hydrogen-bond donors (Lipinski definition) is 0. The maximum atomic E-state index is 13.4. The lowest BCUT2D eigenvalue weighted by molar-refractivity contribution is 0.394. The molecule has 0 radical (unpaired) electrons. The molecule has 0 aliphatic carbocycles. The van der Waals surface area contributed by atoms with Crippen LogP contribution in [0.2, 0.25) is 5.02 Å². The van der Waals surface area contributed by atoms with Crippen LogP contribution in [-0.4, -0.2) is 24.0 Å². The zero-order chi connectivity index (χ0) is 22.0. The Morgan fingerprint density at radius 2 is 1.68 bits per heavy atom. The normalized spacial score (nSPS) is 10.7. The van der Waals surface area contributed by atoms with Gasteiger partial charge in [-0.2, -0.15) is 5.10 Å². The van der Waals surface area contributed by atoms with Crippen LogP contribution in [0.15, 0.2) is 79.5 Å². The Morgan fingerprint density at radius 1 is 0.968 bits per heavy atom. The minimum atomic E-state index is -0.303. The lowest BCUT2D eigenvalue weighted by Crippen LogP contribution is -2.02. The van der Waals surface area contributed by atoms with Crippen molar-refractivity contribution in [1.29, 1.82) is 0 Å². The van der Waals surface area contributed by atoms with Crippen molar-refractivity contribution in [2.24, 2.45) is 0 Å². The van der Waals surface area contributed by atoms with Crippen molar-refractivity contribution in [1.82, 2.24) is 9.78 Å². The molecule has 0 unspecified atom stereocenters. The first-order valence-electron chi connectivity index (χ1n) is 9.54. The zero-order valence-corrected chi connectivity index (χ0v) is 17.9. The van der Waals surface area contributed by atoms with Crippen LogP contribution in [-0.2, 0) is 0 Å². The molecule has 0 aliphatic heterocycles. The molecule has 0 saturated carbocycles. The molecule has 3 aromatic carbocycles. The average molecular weight is 435 g/mol. The summed E-state index contributed by atoms with van der Waals surface area (Å²) in [5, 5.41) is 5.04. The highest BCUT2D eigenvalue weighted by Crippen LogP contribution is 2.41. The Labute approximate surface area is 185 Å². The third kappa shape index (κ3) is 3.92.